The zero-order valence-corrected chi connectivity index (χ0v) is 20.8. The molecule has 0 unspecified atom stereocenters. The van der Waals surface area contributed by atoms with Gasteiger partial charge in [-0.3, -0.25) is 14.7 Å². The third-order valence-electron chi connectivity index (χ3n) is 6.63. The van der Waals surface area contributed by atoms with E-state index in [1.165, 1.54) is 17.4 Å². The van der Waals surface area contributed by atoms with Crippen LogP contribution in [-0.4, -0.2) is 69.8 Å². The lowest BCUT2D eigenvalue weighted by Gasteiger charge is -2.38. The molecule has 11 heteroatoms. The van der Waals surface area contributed by atoms with Crippen LogP contribution in [0.4, 0.5) is 4.39 Å². The van der Waals surface area contributed by atoms with Gasteiger partial charge in [-0.1, -0.05) is 6.07 Å². The Labute approximate surface area is 208 Å². The lowest BCUT2D eigenvalue weighted by molar-refractivity contribution is -0.133. The summed E-state index contributed by atoms with van der Waals surface area (Å²) in [7, 11) is 0. The maximum atomic E-state index is 14.1. The number of hydrogen-bond donors (Lipinski definition) is 2. The quantitative estimate of drug-likeness (QED) is 0.596. The Morgan fingerprint density at radius 2 is 2.21 bits per heavy atom. The number of benzene rings is 1. The molecule has 3 aliphatic rings. The summed E-state index contributed by atoms with van der Waals surface area (Å²) in [5, 5.41) is 16.0. The Morgan fingerprint density at radius 1 is 1.38 bits per heavy atom. The number of halogens is 2. The molecule has 2 saturated heterocycles. The number of piperazine rings is 1. The molecule has 3 aliphatic heterocycles. The van der Waals surface area contributed by atoms with Crippen LogP contribution in [0.2, 0.25) is 0 Å². The topological polar surface area (TPSA) is 98.1 Å². The predicted molar refractivity (Wildman–Crippen MR) is 129 cm³/mol. The van der Waals surface area contributed by atoms with Gasteiger partial charge >= 0.3 is 5.97 Å². The van der Waals surface area contributed by atoms with E-state index >= 15 is 0 Å². The van der Waals surface area contributed by atoms with Crippen molar-refractivity contribution in [3.63, 3.8) is 0 Å². The standard InChI is InChI=1S/C23H23BrFN5O3S/c1-12-14(3-4-15(25)19(12)24)20-18(23(32)33)16(27-21(28-20)22-26-6-9-34-22)11-29-7-8-30-13(10-29)2-5-17(30)31/h3-4,6,9,13,20H,2,5,7-8,10-11H2,1H3,(H,27,28)(H,32,33)/t13-,20-/m1/s1. The summed E-state index contributed by atoms with van der Waals surface area (Å²) in [6.45, 7) is 4.12. The van der Waals surface area contributed by atoms with Crippen molar-refractivity contribution in [3.8, 4) is 0 Å². The van der Waals surface area contributed by atoms with Gasteiger partial charge in [-0.15, -0.1) is 11.3 Å². The van der Waals surface area contributed by atoms with E-state index in [1.807, 2.05) is 10.3 Å². The average molecular weight is 548 g/mol. The van der Waals surface area contributed by atoms with E-state index in [9.17, 15) is 19.1 Å². The van der Waals surface area contributed by atoms with Gasteiger partial charge in [-0.05, 0) is 46.5 Å². The Balaban J connectivity index is 1.54. The number of rotatable bonds is 5. The highest BCUT2D eigenvalue weighted by atomic mass is 79.9. The van der Waals surface area contributed by atoms with E-state index in [2.05, 4.69) is 31.1 Å². The number of aliphatic imine (C=N–C) groups is 1. The van der Waals surface area contributed by atoms with Gasteiger partial charge in [-0.25, -0.2) is 14.2 Å². The van der Waals surface area contributed by atoms with Crippen LogP contribution in [0, 0.1) is 12.7 Å². The molecule has 34 heavy (non-hydrogen) atoms. The van der Waals surface area contributed by atoms with E-state index in [0.29, 0.717) is 64.7 Å². The fourth-order valence-corrected chi connectivity index (χ4v) is 5.85. The summed E-state index contributed by atoms with van der Waals surface area (Å²) < 4.78 is 14.4. The summed E-state index contributed by atoms with van der Waals surface area (Å²) >= 11 is 4.69. The molecule has 0 bridgehead atoms. The number of carboxylic acids is 1. The molecule has 2 N–H and O–H groups in total. The van der Waals surface area contributed by atoms with Crippen LogP contribution in [0.3, 0.4) is 0 Å². The van der Waals surface area contributed by atoms with Crippen LogP contribution < -0.4 is 5.32 Å². The maximum Gasteiger partial charge on any atom is 0.335 e. The van der Waals surface area contributed by atoms with Crippen LogP contribution in [-0.2, 0) is 9.59 Å². The SMILES string of the molecule is Cc1c([C@H]2N=C(c3nccs3)NC(CN3CCN4C(=O)CC[C@@H]4C3)=C2C(=O)O)ccc(F)c1Br. The largest absolute Gasteiger partial charge is 0.478 e. The van der Waals surface area contributed by atoms with Gasteiger partial charge in [0.15, 0.2) is 10.8 Å². The molecule has 2 atom stereocenters. The summed E-state index contributed by atoms with van der Waals surface area (Å²) in [6, 6.07) is 2.26. The number of nitrogens with one attached hydrogen (secondary N) is 1. The maximum absolute atomic E-state index is 14.1. The Kier molecular flexibility index (Phi) is 6.26. The Bertz CT molecular complexity index is 1220. The van der Waals surface area contributed by atoms with E-state index in [0.717, 1.165) is 6.42 Å². The molecule has 1 amide bonds. The van der Waals surface area contributed by atoms with Crippen molar-refractivity contribution in [2.24, 2.45) is 4.99 Å². The van der Waals surface area contributed by atoms with Crippen molar-refractivity contribution in [1.29, 1.82) is 0 Å². The van der Waals surface area contributed by atoms with Gasteiger partial charge in [0.25, 0.3) is 0 Å². The number of thiazole rings is 1. The van der Waals surface area contributed by atoms with Crippen molar-refractivity contribution < 1.29 is 19.1 Å². The zero-order chi connectivity index (χ0) is 24.0. The van der Waals surface area contributed by atoms with Gasteiger partial charge in [0, 0.05) is 55.9 Å². The number of amidine groups is 1. The second kappa shape index (κ2) is 9.20. The zero-order valence-electron chi connectivity index (χ0n) is 18.4. The van der Waals surface area contributed by atoms with E-state index in [-0.39, 0.29) is 17.5 Å². The second-order valence-corrected chi connectivity index (χ2v) is 10.3. The Hall–Kier alpha value is -2.63. The van der Waals surface area contributed by atoms with Gasteiger partial charge in [0.05, 0.1) is 10.0 Å². The van der Waals surface area contributed by atoms with Crippen LogP contribution >= 0.6 is 27.3 Å². The number of carboxylic acid groups (broad SMARTS) is 1. The summed E-state index contributed by atoms with van der Waals surface area (Å²) in [5.74, 6) is -0.802. The first-order chi connectivity index (χ1) is 16.3. The number of amides is 1. The van der Waals surface area contributed by atoms with Crippen LogP contribution in [0.15, 0.2) is 44.4 Å². The third kappa shape index (κ3) is 4.16. The number of aliphatic carboxylic acids is 1. The molecular weight excluding hydrogens is 525 g/mol. The lowest BCUT2D eigenvalue weighted by atomic mass is 9.92. The molecule has 2 aromatic rings. The number of hydrogen-bond acceptors (Lipinski definition) is 7. The number of carbonyl (C=O) groups excluding carboxylic acids is 1. The van der Waals surface area contributed by atoms with Crippen LogP contribution in [0.1, 0.15) is 35.0 Å². The molecule has 0 saturated carbocycles. The highest BCUT2D eigenvalue weighted by Crippen LogP contribution is 2.37. The van der Waals surface area contributed by atoms with E-state index in [1.54, 1.807) is 19.2 Å². The van der Waals surface area contributed by atoms with Gasteiger partial charge in [0.2, 0.25) is 5.91 Å². The molecule has 8 nitrogen and oxygen atoms in total. The summed E-state index contributed by atoms with van der Waals surface area (Å²) in [6.07, 6.45) is 3.07. The molecule has 1 aromatic carbocycles. The molecule has 5 rings (SSSR count). The monoisotopic (exact) mass is 547 g/mol. The highest BCUT2D eigenvalue weighted by Gasteiger charge is 2.38. The van der Waals surface area contributed by atoms with Gasteiger partial charge in [0.1, 0.15) is 11.9 Å². The van der Waals surface area contributed by atoms with Crippen molar-refractivity contribution >= 4 is 45.0 Å². The smallest absolute Gasteiger partial charge is 0.335 e. The molecule has 4 heterocycles. The first-order valence-corrected chi connectivity index (χ1v) is 12.7. The average Bonchev–Trinajstić information content (AvgIpc) is 3.47. The van der Waals surface area contributed by atoms with Crippen molar-refractivity contribution in [1.82, 2.24) is 20.1 Å². The number of nitrogens with zero attached hydrogens (tertiary/aromatic N) is 4. The van der Waals surface area contributed by atoms with Crippen molar-refractivity contribution in [2.45, 2.75) is 31.8 Å². The van der Waals surface area contributed by atoms with Crippen LogP contribution in [0.25, 0.3) is 0 Å². The highest BCUT2D eigenvalue weighted by molar-refractivity contribution is 9.10. The van der Waals surface area contributed by atoms with Crippen LogP contribution in [0.5, 0.6) is 0 Å². The number of aromatic nitrogens is 1. The predicted octanol–water partition coefficient (Wildman–Crippen LogP) is 3.09. The summed E-state index contributed by atoms with van der Waals surface area (Å²) in [4.78, 5) is 37.8. The fraction of sp³-hybridized carbons (Fsp3) is 0.391. The molecular formula is C23H23BrFN5O3S. The van der Waals surface area contributed by atoms with Gasteiger partial charge < -0.3 is 15.3 Å². The normalized spacial score (nSPS) is 23.1. The van der Waals surface area contributed by atoms with E-state index in [4.69, 9.17) is 4.99 Å². The Morgan fingerprint density at radius 3 is 2.94 bits per heavy atom. The minimum Gasteiger partial charge on any atom is -0.478 e. The molecule has 0 radical (unpaired) electrons. The number of carbonyl (C=O) groups is 2. The third-order valence-corrected chi connectivity index (χ3v) is 8.38. The first-order valence-electron chi connectivity index (χ1n) is 11.0. The van der Waals surface area contributed by atoms with Crippen molar-refractivity contribution in [3.05, 3.63) is 61.4 Å². The molecule has 2 fully saturated rings. The molecule has 0 aliphatic carbocycles. The number of fused-ring (bicyclic) bond motifs is 1. The summed E-state index contributed by atoms with van der Waals surface area (Å²) in [5.41, 5.74) is 1.89. The minimum atomic E-state index is -1.08. The fourth-order valence-electron chi connectivity index (χ4n) is 4.91. The van der Waals surface area contributed by atoms with Gasteiger partial charge in [-0.2, -0.15) is 0 Å². The molecule has 178 valence electrons. The first kappa shape index (κ1) is 23.1. The van der Waals surface area contributed by atoms with Crippen molar-refractivity contribution in [2.75, 3.05) is 26.2 Å². The molecule has 1 aromatic heterocycles. The minimum absolute atomic E-state index is 0.131. The molecule has 0 spiro atoms. The lowest BCUT2D eigenvalue weighted by Crippen LogP contribution is -2.52. The van der Waals surface area contributed by atoms with E-state index < -0.39 is 17.8 Å². The second-order valence-electron chi connectivity index (χ2n) is 8.63.